The molecule has 1 aromatic heterocycles. The molecule has 3 N–H and O–H groups in total. The third-order valence-electron chi connectivity index (χ3n) is 4.48. The highest BCUT2D eigenvalue weighted by Gasteiger charge is 2.33. The topological polar surface area (TPSA) is 71.2 Å². The summed E-state index contributed by atoms with van der Waals surface area (Å²) in [6, 6.07) is 3.84. The molecule has 0 spiro atoms. The van der Waals surface area contributed by atoms with Gasteiger partial charge in [-0.2, -0.15) is 0 Å². The van der Waals surface area contributed by atoms with Gasteiger partial charge in [0.05, 0.1) is 10.9 Å². The normalized spacial score (nSPS) is 28.9. The van der Waals surface area contributed by atoms with E-state index in [1.54, 1.807) is 6.20 Å². The smallest absolute Gasteiger partial charge is 0.224 e. The third kappa shape index (κ3) is 3.14. The molecule has 21 heavy (non-hydrogen) atoms. The summed E-state index contributed by atoms with van der Waals surface area (Å²) in [5.74, 6) is 0.893. The number of hydrogen-bond acceptors (Lipinski definition) is 4. The van der Waals surface area contributed by atoms with Crippen molar-refractivity contribution in [2.75, 3.05) is 18.0 Å². The Balaban J connectivity index is 1.58. The monoisotopic (exact) mass is 308 g/mol. The van der Waals surface area contributed by atoms with Crippen LogP contribution in [0, 0.1) is 5.92 Å². The lowest BCUT2D eigenvalue weighted by Gasteiger charge is -2.21. The lowest BCUT2D eigenvalue weighted by Crippen LogP contribution is -2.44. The van der Waals surface area contributed by atoms with Crippen LogP contribution in [-0.2, 0) is 4.79 Å². The third-order valence-corrected chi connectivity index (χ3v) is 4.77. The number of aromatic nitrogens is 1. The van der Waals surface area contributed by atoms with Crippen LogP contribution in [-0.4, -0.2) is 36.1 Å². The van der Waals surface area contributed by atoms with Crippen LogP contribution in [0.2, 0.25) is 5.02 Å². The van der Waals surface area contributed by atoms with Crippen molar-refractivity contribution >= 4 is 23.3 Å². The van der Waals surface area contributed by atoms with Crippen molar-refractivity contribution in [1.29, 1.82) is 0 Å². The number of anilines is 1. The highest BCUT2D eigenvalue weighted by atomic mass is 35.5. The van der Waals surface area contributed by atoms with Gasteiger partial charge in [0.2, 0.25) is 5.91 Å². The van der Waals surface area contributed by atoms with E-state index in [2.05, 4.69) is 15.2 Å². The van der Waals surface area contributed by atoms with E-state index in [0.29, 0.717) is 5.02 Å². The Hall–Kier alpha value is -1.33. The van der Waals surface area contributed by atoms with E-state index >= 15 is 0 Å². The molecule has 3 rings (SSSR count). The summed E-state index contributed by atoms with van der Waals surface area (Å²) >= 11 is 6.17. The number of carbonyl (C=O) groups is 1. The number of hydrogen-bond donors (Lipinski definition) is 2. The Morgan fingerprint density at radius 1 is 1.43 bits per heavy atom. The van der Waals surface area contributed by atoms with Gasteiger partial charge >= 0.3 is 0 Å². The molecule has 2 heterocycles. The molecule has 1 aliphatic carbocycles. The standard InChI is InChI=1S/C15H21ClN4O/c16-12-4-2-7-18-14(12)20-8-6-10(9-20)19-15(21)11-3-1-5-13(11)17/h2,4,7,10-11,13H,1,3,5-6,8-9,17H2,(H,19,21)/t10-,11+,13+/m0/s1. The molecule has 0 radical (unpaired) electrons. The van der Waals surface area contributed by atoms with Gasteiger partial charge in [-0.05, 0) is 31.4 Å². The molecule has 6 heteroatoms. The van der Waals surface area contributed by atoms with Gasteiger partial charge in [-0.25, -0.2) is 4.98 Å². The molecule has 1 saturated heterocycles. The highest BCUT2D eigenvalue weighted by molar-refractivity contribution is 6.32. The van der Waals surface area contributed by atoms with Crippen LogP contribution in [0.1, 0.15) is 25.7 Å². The average Bonchev–Trinajstić information content (AvgIpc) is 3.08. The average molecular weight is 309 g/mol. The molecule has 2 fully saturated rings. The Bertz CT molecular complexity index is 524. The van der Waals surface area contributed by atoms with E-state index in [4.69, 9.17) is 17.3 Å². The number of pyridine rings is 1. The molecule has 0 unspecified atom stereocenters. The van der Waals surface area contributed by atoms with Crippen molar-refractivity contribution in [2.45, 2.75) is 37.8 Å². The number of nitrogens with two attached hydrogens (primary N) is 1. The summed E-state index contributed by atoms with van der Waals surface area (Å²) in [4.78, 5) is 18.7. The highest BCUT2D eigenvalue weighted by Crippen LogP contribution is 2.27. The summed E-state index contributed by atoms with van der Waals surface area (Å²) < 4.78 is 0. The van der Waals surface area contributed by atoms with Gasteiger partial charge < -0.3 is 16.0 Å². The van der Waals surface area contributed by atoms with Crippen LogP contribution in [0.5, 0.6) is 0 Å². The predicted molar refractivity (Wildman–Crippen MR) is 83.3 cm³/mol. The van der Waals surface area contributed by atoms with Crippen molar-refractivity contribution in [1.82, 2.24) is 10.3 Å². The van der Waals surface area contributed by atoms with Crippen LogP contribution >= 0.6 is 11.6 Å². The van der Waals surface area contributed by atoms with E-state index in [-0.39, 0.29) is 23.9 Å². The fourth-order valence-corrected chi connectivity index (χ4v) is 3.54. The zero-order valence-electron chi connectivity index (χ0n) is 12.0. The maximum atomic E-state index is 12.3. The SMILES string of the molecule is N[C@@H]1CCC[C@H]1C(=O)N[C@H]1CCN(c2ncccc2Cl)C1. The second-order valence-electron chi connectivity index (χ2n) is 5.95. The van der Waals surface area contributed by atoms with Gasteiger partial charge in [0.15, 0.2) is 0 Å². The van der Waals surface area contributed by atoms with Gasteiger partial charge in [-0.1, -0.05) is 18.0 Å². The van der Waals surface area contributed by atoms with Crippen LogP contribution in [0.4, 0.5) is 5.82 Å². The zero-order valence-corrected chi connectivity index (χ0v) is 12.7. The summed E-state index contributed by atoms with van der Waals surface area (Å²) in [5, 5.41) is 3.79. The summed E-state index contributed by atoms with van der Waals surface area (Å²) in [6.45, 7) is 1.61. The molecular weight excluding hydrogens is 288 g/mol. The number of carbonyl (C=O) groups excluding carboxylic acids is 1. The largest absolute Gasteiger partial charge is 0.353 e. The molecule has 0 aromatic carbocycles. The fraction of sp³-hybridized carbons (Fsp3) is 0.600. The molecule has 114 valence electrons. The van der Waals surface area contributed by atoms with E-state index in [1.165, 1.54) is 0 Å². The Morgan fingerprint density at radius 2 is 2.29 bits per heavy atom. The summed E-state index contributed by atoms with van der Waals surface area (Å²) in [5.41, 5.74) is 5.99. The first-order valence-corrected chi connectivity index (χ1v) is 7.94. The Kier molecular flexibility index (Phi) is 4.31. The first-order chi connectivity index (χ1) is 10.1. The molecule has 1 saturated carbocycles. The van der Waals surface area contributed by atoms with E-state index in [0.717, 1.165) is 44.6 Å². The Labute approximate surface area is 129 Å². The van der Waals surface area contributed by atoms with Gasteiger partial charge in [0, 0.05) is 31.4 Å². The molecule has 5 nitrogen and oxygen atoms in total. The van der Waals surface area contributed by atoms with Crippen LogP contribution in [0.3, 0.4) is 0 Å². The maximum Gasteiger partial charge on any atom is 0.224 e. The number of amides is 1. The predicted octanol–water partition coefficient (Wildman–Crippen LogP) is 1.56. The first-order valence-electron chi connectivity index (χ1n) is 7.56. The molecule has 2 aliphatic rings. The number of nitrogens with one attached hydrogen (secondary N) is 1. The minimum absolute atomic E-state index is 0.0162. The first kappa shape index (κ1) is 14.6. The minimum Gasteiger partial charge on any atom is -0.353 e. The fourth-order valence-electron chi connectivity index (χ4n) is 3.30. The van der Waals surface area contributed by atoms with Gasteiger partial charge in [-0.3, -0.25) is 4.79 Å². The van der Waals surface area contributed by atoms with Crippen LogP contribution in [0.25, 0.3) is 0 Å². The van der Waals surface area contributed by atoms with Crippen LogP contribution in [0.15, 0.2) is 18.3 Å². The van der Waals surface area contributed by atoms with Crippen molar-refractivity contribution in [3.05, 3.63) is 23.4 Å². The summed E-state index contributed by atoms with van der Waals surface area (Å²) in [6.07, 6.45) is 5.58. The molecule has 1 amide bonds. The van der Waals surface area contributed by atoms with Gasteiger partial charge in [0.25, 0.3) is 0 Å². The second-order valence-corrected chi connectivity index (χ2v) is 6.36. The number of rotatable bonds is 3. The van der Waals surface area contributed by atoms with Gasteiger partial charge in [0.1, 0.15) is 5.82 Å². The van der Waals surface area contributed by atoms with E-state index in [9.17, 15) is 4.79 Å². The number of halogens is 1. The lowest BCUT2D eigenvalue weighted by atomic mass is 10.0. The quantitative estimate of drug-likeness (QED) is 0.889. The molecule has 0 bridgehead atoms. The second kappa shape index (κ2) is 6.20. The minimum atomic E-state index is -0.0162. The van der Waals surface area contributed by atoms with E-state index < -0.39 is 0 Å². The van der Waals surface area contributed by atoms with E-state index in [1.807, 2.05) is 12.1 Å². The van der Waals surface area contributed by atoms with Crippen LogP contribution < -0.4 is 16.0 Å². The van der Waals surface area contributed by atoms with Crippen molar-refractivity contribution < 1.29 is 4.79 Å². The Morgan fingerprint density at radius 3 is 3.00 bits per heavy atom. The lowest BCUT2D eigenvalue weighted by molar-refractivity contribution is -0.125. The molecular formula is C15H21ClN4O. The maximum absolute atomic E-state index is 12.3. The van der Waals surface area contributed by atoms with Crippen molar-refractivity contribution in [3.8, 4) is 0 Å². The molecule has 3 atom stereocenters. The van der Waals surface area contributed by atoms with Crippen molar-refractivity contribution in [3.63, 3.8) is 0 Å². The van der Waals surface area contributed by atoms with Gasteiger partial charge in [-0.15, -0.1) is 0 Å². The molecule has 1 aromatic rings. The number of nitrogens with zero attached hydrogens (tertiary/aromatic N) is 2. The van der Waals surface area contributed by atoms with Crippen molar-refractivity contribution in [2.24, 2.45) is 11.7 Å². The summed E-state index contributed by atoms with van der Waals surface area (Å²) in [7, 11) is 0. The molecule has 1 aliphatic heterocycles. The zero-order chi connectivity index (χ0) is 14.8.